The Morgan fingerprint density at radius 1 is 1.21 bits per heavy atom. The lowest BCUT2D eigenvalue weighted by atomic mass is 10.2. The maximum absolute atomic E-state index is 12.8. The van der Waals surface area contributed by atoms with Crippen molar-refractivity contribution in [2.45, 2.75) is 18.9 Å². The fourth-order valence-electron chi connectivity index (χ4n) is 3.64. The molecule has 1 unspecified atom stereocenters. The van der Waals surface area contributed by atoms with Crippen LogP contribution in [0.1, 0.15) is 12.8 Å². The molecule has 2 aliphatic rings. The number of halogens is 1. The first-order chi connectivity index (χ1) is 14.0. The molecule has 29 heavy (non-hydrogen) atoms. The number of nitrogens with one attached hydrogen (secondary N) is 1. The van der Waals surface area contributed by atoms with Crippen LogP contribution in [0.25, 0.3) is 0 Å². The minimum absolute atomic E-state index is 0.0696. The van der Waals surface area contributed by atoms with E-state index in [-0.39, 0.29) is 36.9 Å². The molecule has 2 heterocycles. The quantitative estimate of drug-likeness (QED) is 0.732. The number of likely N-dealkylation sites (N-methyl/N-ethyl adjacent to an activating group) is 1. The Bertz CT molecular complexity index is 757. The maximum atomic E-state index is 12.8. The molecule has 158 valence electrons. The van der Waals surface area contributed by atoms with Gasteiger partial charge >= 0.3 is 0 Å². The molecule has 2 fully saturated rings. The highest BCUT2D eigenvalue weighted by Crippen LogP contribution is 2.22. The summed E-state index contributed by atoms with van der Waals surface area (Å²) in [6, 6.07) is 6.73. The zero-order valence-corrected chi connectivity index (χ0v) is 18.2. The van der Waals surface area contributed by atoms with E-state index in [2.05, 4.69) is 5.32 Å². The number of para-hydroxylation sites is 1. The van der Waals surface area contributed by atoms with Crippen molar-refractivity contribution in [3.8, 4) is 0 Å². The Morgan fingerprint density at radius 3 is 2.66 bits per heavy atom. The van der Waals surface area contributed by atoms with E-state index < -0.39 is 0 Å². The number of hydrogen-bond acceptors (Lipinski definition) is 5. The van der Waals surface area contributed by atoms with E-state index in [4.69, 9.17) is 11.6 Å². The van der Waals surface area contributed by atoms with Crippen LogP contribution in [0.4, 0.5) is 5.69 Å². The highest BCUT2D eigenvalue weighted by atomic mass is 35.5. The Kier molecular flexibility index (Phi) is 7.80. The van der Waals surface area contributed by atoms with Gasteiger partial charge in [-0.1, -0.05) is 23.7 Å². The van der Waals surface area contributed by atoms with Crippen molar-refractivity contribution >= 4 is 46.8 Å². The van der Waals surface area contributed by atoms with Crippen molar-refractivity contribution in [3.05, 3.63) is 29.3 Å². The number of hydrogen-bond donors (Lipinski definition) is 1. The molecule has 1 aromatic carbocycles. The van der Waals surface area contributed by atoms with Crippen LogP contribution in [0.2, 0.25) is 5.02 Å². The predicted octanol–water partition coefficient (Wildman–Crippen LogP) is 1.78. The van der Waals surface area contributed by atoms with Crippen LogP contribution in [0.15, 0.2) is 24.3 Å². The first-order valence-electron chi connectivity index (χ1n) is 9.84. The third-order valence-electron chi connectivity index (χ3n) is 5.26. The molecule has 0 bridgehead atoms. The SMILES string of the molecule is CN(CC(=O)Nc1ccccc1Cl)C(=O)CN1CCCC1C(=O)N1CCSCC1. The second-order valence-electron chi connectivity index (χ2n) is 7.34. The Hall–Kier alpha value is -1.77. The first kappa shape index (κ1) is 21.9. The highest BCUT2D eigenvalue weighted by Gasteiger charge is 2.35. The number of carbonyl (C=O) groups is 3. The van der Waals surface area contributed by atoms with Crippen molar-refractivity contribution in [1.82, 2.24) is 14.7 Å². The fraction of sp³-hybridized carbons (Fsp3) is 0.550. The topological polar surface area (TPSA) is 73.0 Å². The van der Waals surface area contributed by atoms with Crippen molar-refractivity contribution in [3.63, 3.8) is 0 Å². The molecule has 1 aromatic rings. The Morgan fingerprint density at radius 2 is 1.93 bits per heavy atom. The Labute approximate surface area is 180 Å². The van der Waals surface area contributed by atoms with Crippen LogP contribution in [0.5, 0.6) is 0 Å². The summed E-state index contributed by atoms with van der Waals surface area (Å²) in [7, 11) is 1.60. The normalized spacial score (nSPS) is 19.8. The van der Waals surface area contributed by atoms with Gasteiger partial charge in [-0.25, -0.2) is 0 Å². The van der Waals surface area contributed by atoms with E-state index in [9.17, 15) is 14.4 Å². The lowest BCUT2D eigenvalue weighted by Crippen LogP contribution is -2.51. The largest absolute Gasteiger partial charge is 0.340 e. The summed E-state index contributed by atoms with van der Waals surface area (Å²) in [5.74, 6) is 1.60. The van der Waals surface area contributed by atoms with Crippen LogP contribution in [-0.4, -0.2) is 89.7 Å². The highest BCUT2D eigenvalue weighted by molar-refractivity contribution is 7.99. The van der Waals surface area contributed by atoms with E-state index in [1.54, 1.807) is 31.3 Å². The van der Waals surface area contributed by atoms with Crippen LogP contribution < -0.4 is 5.32 Å². The molecule has 0 spiro atoms. The van der Waals surface area contributed by atoms with Gasteiger partial charge < -0.3 is 15.1 Å². The summed E-state index contributed by atoms with van der Waals surface area (Å²) in [5.41, 5.74) is 0.518. The molecule has 3 amide bonds. The minimum atomic E-state index is -0.311. The van der Waals surface area contributed by atoms with E-state index in [1.807, 2.05) is 21.6 Å². The van der Waals surface area contributed by atoms with Crippen molar-refractivity contribution in [2.75, 3.05) is 56.6 Å². The van der Waals surface area contributed by atoms with Gasteiger partial charge in [0.2, 0.25) is 17.7 Å². The van der Waals surface area contributed by atoms with E-state index in [0.717, 1.165) is 44.0 Å². The molecule has 0 aliphatic carbocycles. The molecule has 0 saturated carbocycles. The number of amides is 3. The van der Waals surface area contributed by atoms with Gasteiger partial charge in [0.25, 0.3) is 0 Å². The maximum Gasteiger partial charge on any atom is 0.244 e. The van der Waals surface area contributed by atoms with Gasteiger partial charge in [-0.3, -0.25) is 19.3 Å². The molecule has 1 atom stereocenters. The van der Waals surface area contributed by atoms with Crippen LogP contribution in [0.3, 0.4) is 0 Å². The first-order valence-corrected chi connectivity index (χ1v) is 11.4. The average molecular weight is 439 g/mol. The monoisotopic (exact) mass is 438 g/mol. The van der Waals surface area contributed by atoms with Gasteiger partial charge in [0, 0.05) is 31.6 Å². The minimum Gasteiger partial charge on any atom is -0.340 e. The summed E-state index contributed by atoms with van der Waals surface area (Å²) in [4.78, 5) is 43.0. The molecule has 2 aliphatic heterocycles. The van der Waals surface area contributed by atoms with Gasteiger partial charge in [0.1, 0.15) is 0 Å². The van der Waals surface area contributed by atoms with E-state index >= 15 is 0 Å². The van der Waals surface area contributed by atoms with Gasteiger partial charge in [0.05, 0.1) is 29.8 Å². The third-order valence-corrected chi connectivity index (χ3v) is 6.54. The molecule has 0 radical (unpaired) electrons. The second kappa shape index (κ2) is 10.3. The summed E-state index contributed by atoms with van der Waals surface area (Å²) < 4.78 is 0. The van der Waals surface area contributed by atoms with Crippen molar-refractivity contribution in [1.29, 1.82) is 0 Å². The number of rotatable bonds is 6. The molecular weight excluding hydrogens is 412 g/mol. The van der Waals surface area contributed by atoms with Crippen LogP contribution in [0, 0.1) is 0 Å². The molecule has 2 saturated heterocycles. The second-order valence-corrected chi connectivity index (χ2v) is 8.98. The zero-order chi connectivity index (χ0) is 20.8. The van der Waals surface area contributed by atoms with Gasteiger partial charge in [0.15, 0.2) is 0 Å². The number of thioether (sulfide) groups is 1. The molecule has 3 rings (SSSR count). The Balaban J connectivity index is 1.51. The zero-order valence-electron chi connectivity index (χ0n) is 16.6. The number of benzene rings is 1. The standard InChI is InChI=1S/C20H27ClN4O3S/c1-23(13-18(26)22-16-6-3-2-5-15(16)21)19(27)14-25-8-4-7-17(25)20(28)24-9-11-29-12-10-24/h2-3,5-6,17H,4,7-14H2,1H3,(H,22,26). The summed E-state index contributed by atoms with van der Waals surface area (Å²) in [6.07, 6.45) is 1.69. The van der Waals surface area contributed by atoms with E-state index in [1.165, 1.54) is 4.90 Å². The van der Waals surface area contributed by atoms with Gasteiger partial charge in [-0.2, -0.15) is 11.8 Å². The number of likely N-dealkylation sites (tertiary alicyclic amines) is 1. The molecule has 9 heteroatoms. The molecule has 0 aromatic heterocycles. The van der Waals surface area contributed by atoms with Crippen molar-refractivity contribution in [2.24, 2.45) is 0 Å². The summed E-state index contributed by atoms with van der Waals surface area (Å²) in [5, 5.41) is 3.17. The summed E-state index contributed by atoms with van der Waals surface area (Å²) in [6.45, 7) is 2.37. The smallest absolute Gasteiger partial charge is 0.244 e. The average Bonchev–Trinajstić information content (AvgIpc) is 3.17. The van der Waals surface area contributed by atoms with E-state index in [0.29, 0.717) is 10.7 Å². The predicted molar refractivity (Wildman–Crippen MR) is 116 cm³/mol. The van der Waals surface area contributed by atoms with Crippen molar-refractivity contribution < 1.29 is 14.4 Å². The van der Waals surface area contributed by atoms with Crippen LogP contribution in [-0.2, 0) is 14.4 Å². The van der Waals surface area contributed by atoms with Gasteiger partial charge in [-0.15, -0.1) is 0 Å². The number of nitrogens with zero attached hydrogens (tertiary/aromatic N) is 3. The number of carbonyl (C=O) groups excluding carboxylic acids is 3. The molecular formula is C20H27ClN4O3S. The number of anilines is 1. The molecule has 1 N–H and O–H groups in total. The lowest BCUT2D eigenvalue weighted by Gasteiger charge is -2.32. The lowest BCUT2D eigenvalue weighted by molar-refractivity contribution is -0.139. The fourth-order valence-corrected chi connectivity index (χ4v) is 4.73. The van der Waals surface area contributed by atoms with Gasteiger partial charge in [-0.05, 0) is 31.5 Å². The third kappa shape index (κ3) is 5.87. The van der Waals surface area contributed by atoms with Crippen LogP contribution >= 0.6 is 23.4 Å². The molecule has 7 nitrogen and oxygen atoms in total. The summed E-state index contributed by atoms with van der Waals surface area (Å²) >= 11 is 7.92.